The van der Waals surface area contributed by atoms with Crippen LogP contribution in [0.4, 0.5) is 5.00 Å². The first-order chi connectivity index (χ1) is 15.0. The second kappa shape index (κ2) is 10.9. The van der Waals surface area contributed by atoms with E-state index in [1.54, 1.807) is 0 Å². The molecular weight excluding hydrogens is 428 g/mol. The molecule has 0 fully saturated rings. The SMILES string of the molecule is CCOc1ccc(C(C)NC(=S)Nc2sc(Cc3ccccc3)cc2C(=O)OC)cc1. The lowest BCUT2D eigenvalue weighted by molar-refractivity contribution is 0.0602. The molecule has 2 N–H and O–H groups in total. The molecule has 0 aliphatic rings. The number of esters is 1. The molecule has 0 aliphatic carbocycles. The van der Waals surface area contributed by atoms with Crippen LogP contribution < -0.4 is 15.4 Å². The lowest BCUT2D eigenvalue weighted by Crippen LogP contribution is -2.31. The molecular formula is C24H26N2O3S2. The molecule has 0 amide bonds. The van der Waals surface area contributed by atoms with E-state index in [9.17, 15) is 4.79 Å². The Morgan fingerprint density at radius 3 is 2.48 bits per heavy atom. The van der Waals surface area contributed by atoms with E-state index in [1.165, 1.54) is 24.0 Å². The highest BCUT2D eigenvalue weighted by Gasteiger charge is 2.18. The summed E-state index contributed by atoms with van der Waals surface area (Å²) >= 11 is 7.01. The second-order valence-corrected chi connectivity index (χ2v) is 8.48. The average molecular weight is 455 g/mol. The van der Waals surface area contributed by atoms with Crippen molar-refractivity contribution in [3.8, 4) is 5.75 Å². The molecule has 7 heteroatoms. The van der Waals surface area contributed by atoms with Crippen molar-refractivity contribution in [2.24, 2.45) is 0 Å². The van der Waals surface area contributed by atoms with Crippen LogP contribution in [-0.4, -0.2) is 24.8 Å². The summed E-state index contributed by atoms with van der Waals surface area (Å²) in [6.07, 6.45) is 0.736. The van der Waals surface area contributed by atoms with E-state index in [-0.39, 0.29) is 12.0 Å². The van der Waals surface area contributed by atoms with Gasteiger partial charge < -0.3 is 20.1 Å². The van der Waals surface area contributed by atoms with Gasteiger partial charge in [-0.05, 0) is 55.4 Å². The fraction of sp³-hybridized carbons (Fsp3) is 0.250. The number of nitrogens with one attached hydrogen (secondary N) is 2. The van der Waals surface area contributed by atoms with Gasteiger partial charge in [0.2, 0.25) is 0 Å². The standard InChI is InChI=1S/C24H26N2O3S2/c1-4-29-19-12-10-18(11-13-19)16(2)25-24(30)26-22-21(23(27)28-3)15-20(31-22)14-17-8-6-5-7-9-17/h5-13,15-16H,4,14H2,1-3H3,(H2,25,26,30). The normalized spacial score (nSPS) is 11.5. The molecule has 2 aromatic carbocycles. The zero-order valence-electron chi connectivity index (χ0n) is 17.8. The Kier molecular flexibility index (Phi) is 8.03. The molecule has 0 saturated carbocycles. The van der Waals surface area contributed by atoms with Crippen molar-refractivity contribution < 1.29 is 14.3 Å². The van der Waals surface area contributed by atoms with E-state index in [4.69, 9.17) is 21.7 Å². The monoisotopic (exact) mass is 454 g/mol. The number of thiocarbonyl (C=S) groups is 1. The number of carbonyl (C=O) groups excluding carboxylic acids is 1. The lowest BCUT2D eigenvalue weighted by atomic mass is 10.1. The van der Waals surface area contributed by atoms with Gasteiger partial charge in [-0.25, -0.2) is 4.79 Å². The molecule has 1 heterocycles. The van der Waals surface area contributed by atoms with Crippen molar-refractivity contribution in [3.05, 3.63) is 82.2 Å². The Bertz CT molecular complexity index is 1020. The maximum absolute atomic E-state index is 12.3. The molecule has 3 rings (SSSR count). The van der Waals surface area contributed by atoms with Crippen LogP contribution in [0.2, 0.25) is 0 Å². The first-order valence-electron chi connectivity index (χ1n) is 10.0. The van der Waals surface area contributed by atoms with E-state index in [2.05, 4.69) is 22.8 Å². The van der Waals surface area contributed by atoms with Crippen LogP contribution in [0, 0.1) is 0 Å². The van der Waals surface area contributed by atoms with Crippen LogP contribution in [0.25, 0.3) is 0 Å². The molecule has 3 aromatic rings. The van der Waals surface area contributed by atoms with Crippen molar-refractivity contribution in [1.82, 2.24) is 5.32 Å². The zero-order chi connectivity index (χ0) is 22.2. The average Bonchev–Trinajstić information content (AvgIpc) is 3.16. The van der Waals surface area contributed by atoms with Gasteiger partial charge in [-0.2, -0.15) is 0 Å². The summed E-state index contributed by atoms with van der Waals surface area (Å²) in [6.45, 7) is 4.62. The van der Waals surface area contributed by atoms with Gasteiger partial charge in [-0.1, -0.05) is 42.5 Å². The number of hydrogen-bond acceptors (Lipinski definition) is 5. The summed E-state index contributed by atoms with van der Waals surface area (Å²) < 4.78 is 10.4. The zero-order valence-corrected chi connectivity index (χ0v) is 19.4. The Hall–Kier alpha value is -2.90. The van der Waals surface area contributed by atoms with Gasteiger partial charge in [-0.3, -0.25) is 0 Å². The summed E-state index contributed by atoms with van der Waals surface area (Å²) in [5.74, 6) is 0.451. The van der Waals surface area contributed by atoms with Crippen LogP contribution in [0.1, 0.15) is 46.3 Å². The summed E-state index contributed by atoms with van der Waals surface area (Å²) in [5, 5.41) is 7.57. The molecule has 0 radical (unpaired) electrons. The summed E-state index contributed by atoms with van der Waals surface area (Å²) in [5.41, 5.74) is 2.74. The maximum Gasteiger partial charge on any atom is 0.340 e. The molecule has 5 nitrogen and oxygen atoms in total. The van der Waals surface area contributed by atoms with Crippen LogP contribution >= 0.6 is 23.6 Å². The van der Waals surface area contributed by atoms with E-state index in [0.717, 1.165) is 22.6 Å². The van der Waals surface area contributed by atoms with E-state index >= 15 is 0 Å². The third-order valence-electron chi connectivity index (χ3n) is 4.68. The van der Waals surface area contributed by atoms with Gasteiger partial charge in [0, 0.05) is 11.3 Å². The molecule has 1 atom stereocenters. The molecule has 162 valence electrons. The highest BCUT2D eigenvalue weighted by Crippen LogP contribution is 2.30. The smallest absolute Gasteiger partial charge is 0.340 e. The second-order valence-electron chi connectivity index (χ2n) is 6.93. The molecule has 31 heavy (non-hydrogen) atoms. The van der Waals surface area contributed by atoms with Gasteiger partial charge in [0.25, 0.3) is 0 Å². The molecule has 0 bridgehead atoms. The maximum atomic E-state index is 12.3. The van der Waals surface area contributed by atoms with Crippen molar-refractivity contribution in [2.45, 2.75) is 26.3 Å². The predicted octanol–water partition coefficient (Wildman–Crippen LogP) is 5.57. The fourth-order valence-corrected chi connectivity index (χ4v) is 4.55. The summed E-state index contributed by atoms with van der Waals surface area (Å²) in [6, 6.07) is 19.9. The largest absolute Gasteiger partial charge is 0.494 e. The molecule has 0 saturated heterocycles. The third-order valence-corrected chi connectivity index (χ3v) is 5.95. The minimum absolute atomic E-state index is 0.0130. The Labute approximate surface area is 192 Å². The minimum atomic E-state index is -0.388. The highest BCUT2D eigenvalue weighted by molar-refractivity contribution is 7.80. The number of methoxy groups -OCH3 is 1. The fourth-order valence-electron chi connectivity index (χ4n) is 3.12. The van der Waals surface area contributed by atoms with Gasteiger partial charge in [-0.15, -0.1) is 11.3 Å². The van der Waals surface area contributed by atoms with Crippen LogP contribution in [-0.2, 0) is 11.2 Å². The number of ether oxygens (including phenoxy) is 2. The van der Waals surface area contributed by atoms with Crippen LogP contribution in [0.3, 0.4) is 0 Å². The molecule has 1 unspecified atom stereocenters. The quantitative estimate of drug-likeness (QED) is 0.343. The third kappa shape index (κ3) is 6.29. The number of anilines is 1. The number of rotatable bonds is 8. The topological polar surface area (TPSA) is 59.6 Å². The molecule has 0 spiro atoms. The minimum Gasteiger partial charge on any atom is -0.494 e. The first kappa shape index (κ1) is 22.8. The van der Waals surface area contributed by atoms with Crippen LogP contribution in [0.5, 0.6) is 5.75 Å². The number of hydrogen-bond donors (Lipinski definition) is 2. The lowest BCUT2D eigenvalue weighted by Gasteiger charge is -2.17. The van der Waals surface area contributed by atoms with E-state index in [1.807, 2.05) is 62.4 Å². The van der Waals surface area contributed by atoms with Crippen molar-refractivity contribution in [1.29, 1.82) is 0 Å². The van der Waals surface area contributed by atoms with Crippen molar-refractivity contribution in [2.75, 3.05) is 19.0 Å². The van der Waals surface area contributed by atoms with Crippen LogP contribution in [0.15, 0.2) is 60.7 Å². The van der Waals surface area contributed by atoms with Gasteiger partial charge in [0.05, 0.1) is 25.3 Å². The first-order valence-corrected chi connectivity index (χ1v) is 11.3. The van der Waals surface area contributed by atoms with E-state index in [0.29, 0.717) is 22.3 Å². The summed E-state index contributed by atoms with van der Waals surface area (Å²) in [7, 11) is 1.38. The van der Waals surface area contributed by atoms with Gasteiger partial charge >= 0.3 is 5.97 Å². The molecule has 0 aliphatic heterocycles. The Morgan fingerprint density at radius 2 is 1.84 bits per heavy atom. The highest BCUT2D eigenvalue weighted by atomic mass is 32.1. The van der Waals surface area contributed by atoms with Gasteiger partial charge in [0.15, 0.2) is 5.11 Å². The molecule has 1 aromatic heterocycles. The number of benzene rings is 2. The number of carbonyl (C=O) groups is 1. The Morgan fingerprint density at radius 1 is 1.13 bits per heavy atom. The number of thiophene rings is 1. The van der Waals surface area contributed by atoms with Crippen molar-refractivity contribution >= 4 is 39.6 Å². The Balaban J connectivity index is 1.69. The van der Waals surface area contributed by atoms with Crippen molar-refractivity contribution in [3.63, 3.8) is 0 Å². The summed E-state index contributed by atoms with van der Waals surface area (Å²) in [4.78, 5) is 13.3. The predicted molar refractivity (Wildman–Crippen MR) is 130 cm³/mol. The van der Waals surface area contributed by atoms with E-state index < -0.39 is 0 Å². The van der Waals surface area contributed by atoms with Gasteiger partial charge in [0.1, 0.15) is 10.8 Å².